The molecule has 3 heteroatoms. The second-order valence-corrected chi connectivity index (χ2v) is 2.54. The number of hydrogen-bond acceptors (Lipinski definition) is 0. The Balaban J connectivity index is 2.68. The van der Waals surface area contributed by atoms with Crippen molar-refractivity contribution < 1.29 is 0 Å². The molecule has 0 spiro atoms. The molecular weight excluding hydrogens is 68.9 g/mol. The molecule has 0 aliphatic heterocycles. The van der Waals surface area contributed by atoms with Crippen molar-refractivity contribution in [3.05, 3.63) is 0 Å². The van der Waals surface area contributed by atoms with E-state index in [1.165, 1.54) is 17.9 Å². The molecule has 0 heterocycles. The summed E-state index contributed by atoms with van der Waals surface area (Å²) in [5.74, 6) is 0. The molecule has 0 N–H and O–H groups in total. The van der Waals surface area contributed by atoms with E-state index in [0.717, 1.165) is 3.26 Å². The Labute approximate surface area is 73.8 Å². The van der Waals surface area contributed by atoms with Crippen LogP contribution in [0.25, 0.3) is 0 Å². The third-order valence-corrected chi connectivity index (χ3v) is 1.14. The van der Waals surface area contributed by atoms with E-state index in [1.54, 1.807) is 0 Å². The maximum absolute atomic E-state index is 2.27. The molecule has 0 radical (unpaired) electrons. The van der Waals surface area contributed by atoms with Crippen LogP contribution in [0.2, 0.25) is 8.36 Å². The van der Waals surface area contributed by atoms with Gasteiger partial charge >= 0.3 is 74.3 Å². The van der Waals surface area contributed by atoms with Gasteiger partial charge in [-0.1, -0.05) is 0 Å². The molecule has 0 rings (SSSR count). The van der Waals surface area contributed by atoms with E-state index >= 15 is 0 Å². The van der Waals surface area contributed by atoms with Gasteiger partial charge in [-0.3, -0.25) is 0 Å². The van der Waals surface area contributed by atoms with Crippen molar-refractivity contribution in [2.75, 3.05) is 0 Å². The van der Waals surface area contributed by atoms with E-state index in [0.29, 0.717) is 0 Å². The van der Waals surface area contributed by atoms with E-state index in [-0.39, 0.29) is 0 Å². The average molecular weight is 75.9 g/mol. The summed E-state index contributed by atoms with van der Waals surface area (Å²) in [6.45, 7) is 0. The van der Waals surface area contributed by atoms with E-state index in [4.69, 9.17) is 0 Å². The van der Waals surface area contributed by atoms with Gasteiger partial charge in [-0.05, 0) is 0 Å². The molecule has 0 aromatic heterocycles. The molecule has 0 amide bonds. The second kappa shape index (κ2) is 5.92. The van der Waals surface area contributed by atoms with E-state index in [1.807, 2.05) is 0 Å². The summed E-state index contributed by atoms with van der Waals surface area (Å²) >= 11 is 6.79. The van der Waals surface area contributed by atoms with Crippen molar-refractivity contribution in [2.45, 2.75) is 21.2 Å². The molecule has 0 aliphatic carbocycles. The van der Waals surface area contributed by atoms with Crippen LogP contribution < -0.4 is 0 Å². The minimum absolute atomic E-state index is 0.903. The summed E-state index contributed by atoms with van der Waals surface area (Å²) in [5.41, 5.74) is 0. The molecule has 0 bridgehead atoms. The third-order valence-electron chi connectivity index (χ3n) is 1.14. The standard InChI is InChI=1S/C4H7.3Li/c1-3-4-2;;;/h1H,2-4H2;;;. The Morgan fingerprint density at radius 3 is 2.00 bits per heavy atom. The second-order valence-electron chi connectivity index (χ2n) is 2.54. The molecule has 0 unspecified atom stereocenters. The van der Waals surface area contributed by atoms with Gasteiger partial charge in [0.1, 0.15) is 0 Å². The SMILES string of the molecule is [Li][CH2]CC[CH]([Li])[Li]. The quantitative estimate of drug-likeness (QED) is 0.428. The summed E-state index contributed by atoms with van der Waals surface area (Å²) in [5, 5.41) is 1.35. The van der Waals surface area contributed by atoms with Gasteiger partial charge in [-0.15, -0.1) is 0 Å². The van der Waals surface area contributed by atoms with Crippen LogP contribution in [0.1, 0.15) is 12.8 Å². The third kappa shape index (κ3) is 7.79. The summed E-state index contributed by atoms with van der Waals surface area (Å²) in [7, 11) is 0. The molecule has 7 heavy (non-hydrogen) atoms. The molecule has 0 aromatic carbocycles. The molecule has 0 aliphatic rings. The zero-order chi connectivity index (χ0) is 5.70. The van der Waals surface area contributed by atoms with Gasteiger partial charge < -0.3 is 0 Å². The van der Waals surface area contributed by atoms with Crippen molar-refractivity contribution in [3.63, 3.8) is 0 Å². The van der Waals surface area contributed by atoms with Gasteiger partial charge in [-0.2, -0.15) is 0 Å². The van der Waals surface area contributed by atoms with Crippen LogP contribution in [0, 0.1) is 0 Å². The first-order valence-corrected chi connectivity index (χ1v) is 3.27. The summed E-state index contributed by atoms with van der Waals surface area (Å²) in [4.78, 5) is 0. The predicted molar refractivity (Wildman–Crippen MR) is 35.1 cm³/mol. The van der Waals surface area contributed by atoms with Crippen LogP contribution in [0.3, 0.4) is 0 Å². The van der Waals surface area contributed by atoms with Gasteiger partial charge in [0.25, 0.3) is 0 Å². The fourth-order valence-electron chi connectivity index (χ4n) is 0.612. The Hall–Kier alpha value is 1.79. The van der Waals surface area contributed by atoms with Gasteiger partial charge in [0.05, 0.1) is 0 Å². The molecule has 0 atom stereocenters. The summed E-state index contributed by atoms with van der Waals surface area (Å²) in [6, 6.07) is 0. The van der Waals surface area contributed by atoms with Crippen LogP contribution in [-0.2, 0) is 0 Å². The van der Waals surface area contributed by atoms with Gasteiger partial charge in [-0.25, -0.2) is 0 Å². The van der Waals surface area contributed by atoms with Crippen molar-refractivity contribution in [2.24, 2.45) is 0 Å². The summed E-state index contributed by atoms with van der Waals surface area (Å²) < 4.78 is 0.903. The number of hydrogen-bond donors (Lipinski definition) is 0. The normalized spacial score (nSPS) is 10.7. The Bertz CT molecular complexity index is 35.9. The Kier molecular flexibility index (Phi) is 7.44. The first kappa shape index (κ1) is 8.79. The van der Waals surface area contributed by atoms with E-state index < -0.39 is 0 Å². The molecular formula is C4H7Li3. The van der Waals surface area contributed by atoms with Gasteiger partial charge in [0.2, 0.25) is 0 Å². The van der Waals surface area contributed by atoms with Crippen molar-refractivity contribution in [3.8, 4) is 0 Å². The zero-order valence-electron chi connectivity index (χ0n) is 5.70. The van der Waals surface area contributed by atoms with Gasteiger partial charge in [0.15, 0.2) is 0 Å². The fraction of sp³-hybridized carbons (Fsp3) is 1.00. The Morgan fingerprint density at radius 1 is 1.29 bits per heavy atom. The molecule has 0 fully saturated rings. The minimum atomic E-state index is 0.903. The Morgan fingerprint density at radius 2 is 1.86 bits per heavy atom. The maximum atomic E-state index is 2.27. The van der Waals surface area contributed by atoms with Gasteiger partial charge in [0, 0.05) is 0 Å². The first-order chi connectivity index (χ1) is 3.27. The molecule has 26 valence electrons. The predicted octanol–water partition coefficient (Wildman–Crippen LogP) is 0.436. The van der Waals surface area contributed by atoms with Crippen molar-refractivity contribution in [1.82, 2.24) is 0 Å². The van der Waals surface area contributed by atoms with Crippen molar-refractivity contribution in [1.29, 1.82) is 0 Å². The first-order valence-electron chi connectivity index (χ1n) is 3.27. The molecule has 0 saturated heterocycles. The van der Waals surface area contributed by atoms with Crippen molar-refractivity contribution >= 4 is 53.1 Å². The van der Waals surface area contributed by atoms with Crippen LogP contribution in [0.15, 0.2) is 0 Å². The number of rotatable bonds is 3. The topological polar surface area (TPSA) is 0 Å². The van der Waals surface area contributed by atoms with E-state index in [2.05, 4.69) is 53.1 Å². The van der Waals surface area contributed by atoms with Crippen LogP contribution in [0.4, 0.5) is 0 Å². The average Bonchev–Trinajstić information content (AvgIpc) is 1.61. The van der Waals surface area contributed by atoms with E-state index in [9.17, 15) is 0 Å². The monoisotopic (exact) mass is 76.1 g/mol. The zero-order valence-corrected chi connectivity index (χ0v) is 5.70. The van der Waals surface area contributed by atoms with Crippen LogP contribution in [0.5, 0.6) is 0 Å². The molecule has 0 nitrogen and oxygen atoms in total. The molecule has 0 saturated carbocycles. The fourth-order valence-corrected chi connectivity index (χ4v) is 0.612. The van der Waals surface area contributed by atoms with Crippen LogP contribution >= 0.6 is 0 Å². The summed E-state index contributed by atoms with van der Waals surface area (Å²) in [6.07, 6.45) is 2.80. The van der Waals surface area contributed by atoms with Crippen LogP contribution in [-0.4, -0.2) is 53.1 Å². The molecule has 0 aromatic rings.